The van der Waals surface area contributed by atoms with Gasteiger partial charge in [0.25, 0.3) is 0 Å². The Morgan fingerprint density at radius 2 is 1.95 bits per heavy atom. The van der Waals surface area contributed by atoms with Gasteiger partial charge >= 0.3 is 0 Å². The molecular formula is C16H22BrN3. The van der Waals surface area contributed by atoms with Crippen molar-refractivity contribution in [3.8, 4) is 0 Å². The van der Waals surface area contributed by atoms with Crippen molar-refractivity contribution < 1.29 is 0 Å². The number of nitrogens with zero attached hydrogens (tertiary/aromatic N) is 2. The van der Waals surface area contributed by atoms with Gasteiger partial charge in [0.05, 0.1) is 0 Å². The van der Waals surface area contributed by atoms with Gasteiger partial charge in [0, 0.05) is 28.0 Å². The largest absolute Gasteiger partial charge is 0.370 e. The number of pyridine rings is 1. The molecular weight excluding hydrogens is 314 g/mol. The highest BCUT2D eigenvalue weighted by molar-refractivity contribution is 9.10. The molecule has 108 valence electrons. The second kappa shape index (κ2) is 7.60. The molecule has 0 saturated carbocycles. The van der Waals surface area contributed by atoms with E-state index in [-0.39, 0.29) is 0 Å². The molecule has 1 heterocycles. The Balaban J connectivity index is 1.98. The summed E-state index contributed by atoms with van der Waals surface area (Å²) in [5.41, 5.74) is 0. The molecule has 0 radical (unpaired) electrons. The minimum atomic E-state index is 0.953. The first-order valence-corrected chi connectivity index (χ1v) is 8.05. The van der Waals surface area contributed by atoms with Crippen LogP contribution in [0.2, 0.25) is 0 Å². The van der Waals surface area contributed by atoms with E-state index in [9.17, 15) is 0 Å². The van der Waals surface area contributed by atoms with Crippen molar-refractivity contribution in [1.82, 2.24) is 9.88 Å². The first-order valence-electron chi connectivity index (χ1n) is 7.25. The van der Waals surface area contributed by atoms with Crippen LogP contribution in [0.3, 0.4) is 0 Å². The van der Waals surface area contributed by atoms with Crippen LogP contribution < -0.4 is 5.32 Å². The normalized spacial score (nSPS) is 11.2. The average molecular weight is 336 g/mol. The van der Waals surface area contributed by atoms with Crippen molar-refractivity contribution in [3.05, 3.63) is 34.9 Å². The molecule has 20 heavy (non-hydrogen) atoms. The molecule has 3 nitrogen and oxygen atoms in total. The highest BCUT2D eigenvalue weighted by Crippen LogP contribution is 2.27. The van der Waals surface area contributed by atoms with Crippen LogP contribution in [0.4, 0.5) is 5.82 Å². The summed E-state index contributed by atoms with van der Waals surface area (Å²) in [6.45, 7) is 8.75. The van der Waals surface area contributed by atoms with Crippen molar-refractivity contribution in [2.45, 2.75) is 20.3 Å². The third-order valence-corrected chi connectivity index (χ3v) is 4.28. The summed E-state index contributed by atoms with van der Waals surface area (Å²) in [6, 6.07) is 8.27. The molecule has 0 atom stereocenters. The molecule has 0 amide bonds. The van der Waals surface area contributed by atoms with E-state index >= 15 is 0 Å². The van der Waals surface area contributed by atoms with Gasteiger partial charge in [-0.05, 0) is 38.2 Å². The van der Waals surface area contributed by atoms with Crippen molar-refractivity contribution in [2.75, 3.05) is 31.5 Å². The second-order valence-corrected chi connectivity index (χ2v) is 5.66. The first-order chi connectivity index (χ1) is 9.76. The summed E-state index contributed by atoms with van der Waals surface area (Å²) >= 11 is 3.59. The Labute approximate surface area is 129 Å². The van der Waals surface area contributed by atoms with E-state index < -0.39 is 0 Å². The fourth-order valence-corrected chi connectivity index (χ4v) is 2.86. The van der Waals surface area contributed by atoms with E-state index in [1.807, 2.05) is 12.3 Å². The topological polar surface area (TPSA) is 28.2 Å². The summed E-state index contributed by atoms with van der Waals surface area (Å²) in [4.78, 5) is 6.90. The van der Waals surface area contributed by atoms with E-state index in [2.05, 4.69) is 63.2 Å². The quantitative estimate of drug-likeness (QED) is 0.770. The van der Waals surface area contributed by atoms with Gasteiger partial charge in [-0.15, -0.1) is 0 Å². The fourth-order valence-electron chi connectivity index (χ4n) is 2.36. The predicted molar refractivity (Wildman–Crippen MR) is 90.3 cm³/mol. The zero-order valence-corrected chi connectivity index (χ0v) is 13.8. The number of nitrogens with one attached hydrogen (secondary N) is 1. The van der Waals surface area contributed by atoms with Gasteiger partial charge in [0.15, 0.2) is 0 Å². The average Bonchev–Trinajstić information content (AvgIpc) is 2.48. The number of fused-ring (bicyclic) bond motifs is 1. The van der Waals surface area contributed by atoms with Crippen molar-refractivity contribution in [2.24, 2.45) is 0 Å². The highest BCUT2D eigenvalue weighted by Gasteiger charge is 2.04. The Morgan fingerprint density at radius 1 is 1.15 bits per heavy atom. The summed E-state index contributed by atoms with van der Waals surface area (Å²) in [6.07, 6.45) is 2.99. The third kappa shape index (κ3) is 3.70. The van der Waals surface area contributed by atoms with Crippen molar-refractivity contribution in [1.29, 1.82) is 0 Å². The van der Waals surface area contributed by atoms with Gasteiger partial charge in [-0.3, -0.25) is 0 Å². The lowest BCUT2D eigenvalue weighted by Gasteiger charge is -2.18. The van der Waals surface area contributed by atoms with Gasteiger partial charge in [-0.2, -0.15) is 0 Å². The number of halogens is 1. The van der Waals surface area contributed by atoms with Crippen LogP contribution in [-0.2, 0) is 0 Å². The van der Waals surface area contributed by atoms with Gasteiger partial charge < -0.3 is 10.2 Å². The number of rotatable bonds is 7. The second-order valence-electron chi connectivity index (χ2n) is 4.80. The molecule has 0 aliphatic rings. The molecule has 2 aromatic rings. The van der Waals surface area contributed by atoms with Crippen molar-refractivity contribution in [3.63, 3.8) is 0 Å². The molecule has 1 N–H and O–H groups in total. The molecule has 1 aromatic heterocycles. The Bertz CT molecular complexity index is 552. The molecule has 0 saturated heterocycles. The highest BCUT2D eigenvalue weighted by atomic mass is 79.9. The number of hydrogen-bond donors (Lipinski definition) is 1. The summed E-state index contributed by atoms with van der Waals surface area (Å²) < 4.78 is 1.11. The first kappa shape index (κ1) is 15.3. The summed E-state index contributed by atoms with van der Waals surface area (Å²) in [5, 5.41) is 5.83. The van der Waals surface area contributed by atoms with Crippen LogP contribution in [0, 0.1) is 0 Å². The number of benzene rings is 1. The maximum atomic E-state index is 4.46. The zero-order chi connectivity index (χ0) is 14.4. The van der Waals surface area contributed by atoms with E-state index in [4.69, 9.17) is 0 Å². The summed E-state index contributed by atoms with van der Waals surface area (Å²) in [7, 11) is 0. The standard InChI is InChI=1S/C16H22BrN3/c1-3-20(4-2)12-6-10-18-16-14-7-5-8-15(17)13(14)9-11-19-16/h5,7-9,11H,3-4,6,10,12H2,1-2H3,(H,18,19). The van der Waals surface area contributed by atoms with Crippen LogP contribution in [0.15, 0.2) is 34.9 Å². The lowest BCUT2D eigenvalue weighted by Crippen LogP contribution is -2.25. The molecule has 2 rings (SSSR count). The molecule has 4 heteroatoms. The lowest BCUT2D eigenvalue weighted by molar-refractivity contribution is 0.303. The van der Waals surface area contributed by atoms with Crippen LogP contribution >= 0.6 is 15.9 Å². The molecule has 0 aliphatic carbocycles. The number of aromatic nitrogens is 1. The number of hydrogen-bond acceptors (Lipinski definition) is 3. The number of anilines is 1. The van der Waals surface area contributed by atoms with E-state index in [0.717, 1.165) is 42.9 Å². The van der Waals surface area contributed by atoms with Gasteiger partial charge in [0.1, 0.15) is 5.82 Å². The Morgan fingerprint density at radius 3 is 2.70 bits per heavy atom. The van der Waals surface area contributed by atoms with Gasteiger partial charge in [-0.1, -0.05) is 41.9 Å². The zero-order valence-electron chi connectivity index (χ0n) is 12.2. The summed E-state index contributed by atoms with van der Waals surface area (Å²) in [5.74, 6) is 0.975. The maximum Gasteiger partial charge on any atom is 0.133 e. The van der Waals surface area contributed by atoms with Crippen molar-refractivity contribution >= 4 is 32.5 Å². The van der Waals surface area contributed by atoms with Crippen LogP contribution in [0.1, 0.15) is 20.3 Å². The Kier molecular flexibility index (Phi) is 5.80. The van der Waals surface area contributed by atoms with Crippen LogP contribution in [0.25, 0.3) is 10.8 Å². The Hall–Kier alpha value is -1.13. The van der Waals surface area contributed by atoms with E-state index in [1.54, 1.807) is 0 Å². The van der Waals surface area contributed by atoms with Gasteiger partial charge in [-0.25, -0.2) is 4.98 Å². The fraction of sp³-hybridized carbons (Fsp3) is 0.438. The minimum Gasteiger partial charge on any atom is -0.370 e. The molecule has 0 fully saturated rings. The monoisotopic (exact) mass is 335 g/mol. The molecule has 1 aromatic carbocycles. The van der Waals surface area contributed by atoms with Gasteiger partial charge in [0.2, 0.25) is 0 Å². The minimum absolute atomic E-state index is 0.953. The van der Waals surface area contributed by atoms with E-state index in [1.165, 1.54) is 10.8 Å². The SMILES string of the molecule is CCN(CC)CCCNc1nccc2c(Br)cccc12. The molecule has 0 unspecified atom stereocenters. The molecule has 0 aliphatic heterocycles. The molecule has 0 spiro atoms. The third-order valence-electron chi connectivity index (χ3n) is 3.59. The lowest BCUT2D eigenvalue weighted by atomic mass is 10.1. The maximum absolute atomic E-state index is 4.46. The van der Waals surface area contributed by atoms with Crippen LogP contribution in [-0.4, -0.2) is 36.1 Å². The molecule has 0 bridgehead atoms. The van der Waals surface area contributed by atoms with Crippen LogP contribution in [0.5, 0.6) is 0 Å². The van der Waals surface area contributed by atoms with E-state index in [0.29, 0.717) is 0 Å². The predicted octanol–water partition coefficient (Wildman–Crippen LogP) is 4.14. The smallest absolute Gasteiger partial charge is 0.133 e.